The molecule has 6 heteroatoms. The third kappa shape index (κ3) is 4.11. The van der Waals surface area contributed by atoms with E-state index in [2.05, 4.69) is 34.4 Å². The van der Waals surface area contributed by atoms with Crippen LogP contribution in [0.3, 0.4) is 0 Å². The standard InChI is InChI=1S/C21H22N4O2/c1-14(2)12-22-20-11-17(15-6-4-3-5-7-15)24-21(25-20)23-16-8-9-18-19(10-16)27-13-26-18/h3-11,14H,12-13H2,1-2H3,(H2,22,23,24,25). The molecule has 0 atom stereocenters. The molecule has 0 spiro atoms. The number of nitrogens with zero attached hydrogens (tertiary/aromatic N) is 2. The number of nitrogens with one attached hydrogen (secondary N) is 2. The van der Waals surface area contributed by atoms with Crippen molar-refractivity contribution in [3.63, 3.8) is 0 Å². The van der Waals surface area contributed by atoms with Crippen molar-refractivity contribution in [1.82, 2.24) is 9.97 Å². The fraction of sp³-hybridized carbons (Fsp3) is 0.238. The topological polar surface area (TPSA) is 68.3 Å². The van der Waals surface area contributed by atoms with E-state index in [-0.39, 0.29) is 6.79 Å². The minimum atomic E-state index is 0.252. The summed E-state index contributed by atoms with van der Waals surface area (Å²) in [6.45, 7) is 5.42. The van der Waals surface area contributed by atoms with Crippen molar-refractivity contribution in [2.45, 2.75) is 13.8 Å². The van der Waals surface area contributed by atoms with Gasteiger partial charge in [-0.15, -0.1) is 0 Å². The van der Waals surface area contributed by atoms with Crippen LogP contribution in [0.1, 0.15) is 13.8 Å². The Morgan fingerprint density at radius 1 is 0.963 bits per heavy atom. The fourth-order valence-corrected chi connectivity index (χ4v) is 2.76. The van der Waals surface area contributed by atoms with Crippen molar-refractivity contribution < 1.29 is 9.47 Å². The summed E-state index contributed by atoms with van der Waals surface area (Å²) in [5.74, 6) is 3.31. The highest BCUT2D eigenvalue weighted by molar-refractivity contribution is 5.67. The molecule has 2 aromatic carbocycles. The van der Waals surface area contributed by atoms with E-state index >= 15 is 0 Å². The Morgan fingerprint density at radius 3 is 2.59 bits per heavy atom. The highest BCUT2D eigenvalue weighted by Crippen LogP contribution is 2.35. The van der Waals surface area contributed by atoms with Gasteiger partial charge in [-0.3, -0.25) is 0 Å². The minimum absolute atomic E-state index is 0.252. The van der Waals surface area contributed by atoms with Crippen molar-refractivity contribution in [3.05, 3.63) is 54.6 Å². The molecule has 138 valence electrons. The van der Waals surface area contributed by atoms with E-state index < -0.39 is 0 Å². The molecule has 0 saturated carbocycles. The first-order valence-corrected chi connectivity index (χ1v) is 9.02. The van der Waals surface area contributed by atoms with E-state index in [9.17, 15) is 0 Å². The molecule has 0 amide bonds. The Kier molecular flexibility index (Phi) is 4.78. The average molecular weight is 362 g/mol. The van der Waals surface area contributed by atoms with Gasteiger partial charge in [0.15, 0.2) is 11.5 Å². The molecule has 1 aliphatic heterocycles. The number of benzene rings is 2. The summed E-state index contributed by atoms with van der Waals surface area (Å²) in [5.41, 5.74) is 2.75. The van der Waals surface area contributed by atoms with Crippen LogP contribution in [0.15, 0.2) is 54.6 Å². The maximum atomic E-state index is 5.44. The molecule has 2 heterocycles. The minimum Gasteiger partial charge on any atom is -0.454 e. The smallest absolute Gasteiger partial charge is 0.231 e. The number of aromatic nitrogens is 2. The molecule has 27 heavy (non-hydrogen) atoms. The number of anilines is 3. The van der Waals surface area contributed by atoms with Crippen LogP contribution < -0.4 is 20.1 Å². The summed E-state index contributed by atoms with van der Waals surface area (Å²) >= 11 is 0. The summed E-state index contributed by atoms with van der Waals surface area (Å²) in [7, 11) is 0. The van der Waals surface area contributed by atoms with Crippen molar-refractivity contribution in [1.29, 1.82) is 0 Å². The van der Waals surface area contributed by atoms with Gasteiger partial charge in [0.2, 0.25) is 12.7 Å². The predicted octanol–water partition coefficient (Wildman–Crippen LogP) is 4.68. The maximum Gasteiger partial charge on any atom is 0.231 e. The van der Waals surface area contributed by atoms with E-state index in [4.69, 9.17) is 9.47 Å². The lowest BCUT2D eigenvalue weighted by Gasteiger charge is -2.13. The van der Waals surface area contributed by atoms with E-state index in [1.807, 2.05) is 54.6 Å². The number of hydrogen-bond donors (Lipinski definition) is 2. The number of hydrogen-bond acceptors (Lipinski definition) is 6. The summed E-state index contributed by atoms with van der Waals surface area (Å²) in [4.78, 5) is 9.30. The lowest BCUT2D eigenvalue weighted by molar-refractivity contribution is 0.174. The van der Waals surface area contributed by atoms with Gasteiger partial charge >= 0.3 is 0 Å². The zero-order valence-electron chi connectivity index (χ0n) is 15.4. The second-order valence-corrected chi connectivity index (χ2v) is 6.80. The van der Waals surface area contributed by atoms with Crippen LogP contribution in [0.25, 0.3) is 11.3 Å². The summed E-state index contributed by atoms with van der Waals surface area (Å²) < 4.78 is 10.8. The lowest BCUT2D eigenvalue weighted by Crippen LogP contribution is -2.10. The summed E-state index contributed by atoms with van der Waals surface area (Å²) in [5, 5.41) is 6.66. The second kappa shape index (κ2) is 7.53. The molecule has 0 radical (unpaired) electrons. The Morgan fingerprint density at radius 2 is 1.78 bits per heavy atom. The van der Waals surface area contributed by atoms with Gasteiger partial charge in [0, 0.05) is 29.9 Å². The molecule has 1 aliphatic rings. The van der Waals surface area contributed by atoms with Crippen molar-refractivity contribution in [3.8, 4) is 22.8 Å². The van der Waals surface area contributed by atoms with Crippen LogP contribution in [0, 0.1) is 5.92 Å². The number of rotatable bonds is 6. The molecule has 0 bridgehead atoms. The van der Waals surface area contributed by atoms with Gasteiger partial charge in [0.25, 0.3) is 0 Å². The Hall–Kier alpha value is -3.28. The monoisotopic (exact) mass is 362 g/mol. The Bertz CT molecular complexity index is 929. The van der Waals surface area contributed by atoms with Crippen LogP contribution in [0.2, 0.25) is 0 Å². The molecule has 1 aromatic heterocycles. The fourth-order valence-electron chi connectivity index (χ4n) is 2.76. The number of ether oxygens (including phenoxy) is 2. The third-order valence-electron chi connectivity index (χ3n) is 4.12. The van der Waals surface area contributed by atoms with E-state index in [1.165, 1.54) is 0 Å². The summed E-state index contributed by atoms with van der Waals surface area (Å²) in [6, 6.07) is 17.8. The molecule has 0 unspecified atom stereocenters. The zero-order chi connectivity index (χ0) is 18.6. The van der Waals surface area contributed by atoms with Gasteiger partial charge in [0.1, 0.15) is 5.82 Å². The molecule has 3 aromatic rings. The molecule has 0 saturated heterocycles. The zero-order valence-corrected chi connectivity index (χ0v) is 15.4. The molecule has 0 aliphatic carbocycles. The normalized spacial score (nSPS) is 12.3. The molecular formula is C21H22N4O2. The van der Waals surface area contributed by atoms with Crippen LogP contribution in [0.4, 0.5) is 17.5 Å². The van der Waals surface area contributed by atoms with Gasteiger partial charge < -0.3 is 20.1 Å². The average Bonchev–Trinajstić information content (AvgIpc) is 3.15. The van der Waals surface area contributed by atoms with Gasteiger partial charge in [-0.25, -0.2) is 4.98 Å². The van der Waals surface area contributed by atoms with E-state index in [0.29, 0.717) is 11.9 Å². The third-order valence-corrected chi connectivity index (χ3v) is 4.12. The highest BCUT2D eigenvalue weighted by atomic mass is 16.7. The largest absolute Gasteiger partial charge is 0.454 e. The van der Waals surface area contributed by atoms with Crippen LogP contribution >= 0.6 is 0 Å². The first-order chi connectivity index (χ1) is 13.2. The van der Waals surface area contributed by atoms with Gasteiger partial charge in [-0.1, -0.05) is 44.2 Å². The van der Waals surface area contributed by atoms with Crippen molar-refractivity contribution >= 4 is 17.5 Å². The van der Waals surface area contributed by atoms with E-state index in [1.54, 1.807) is 0 Å². The predicted molar refractivity (Wildman–Crippen MR) is 107 cm³/mol. The molecule has 4 rings (SSSR count). The van der Waals surface area contributed by atoms with Crippen LogP contribution in [-0.2, 0) is 0 Å². The van der Waals surface area contributed by atoms with Gasteiger partial charge in [-0.05, 0) is 18.1 Å². The van der Waals surface area contributed by atoms with E-state index in [0.717, 1.165) is 40.8 Å². The maximum absolute atomic E-state index is 5.44. The first-order valence-electron chi connectivity index (χ1n) is 9.02. The van der Waals surface area contributed by atoms with Gasteiger partial charge in [-0.2, -0.15) is 4.98 Å². The first kappa shape index (κ1) is 17.1. The Labute approximate surface area is 158 Å². The highest BCUT2D eigenvalue weighted by Gasteiger charge is 2.14. The van der Waals surface area contributed by atoms with Crippen LogP contribution in [-0.4, -0.2) is 23.3 Å². The summed E-state index contributed by atoms with van der Waals surface area (Å²) in [6.07, 6.45) is 0. The van der Waals surface area contributed by atoms with Crippen molar-refractivity contribution in [2.24, 2.45) is 5.92 Å². The number of fused-ring (bicyclic) bond motifs is 1. The second-order valence-electron chi connectivity index (χ2n) is 6.80. The van der Waals surface area contributed by atoms with Gasteiger partial charge in [0.05, 0.1) is 5.69 Å². The van der Waals surface area contributed by atoms with Crippen LogP contribution in [0.5, 0.6) is 11.5 Å². The molecule has 0 fully saturated rings. The molecule has 6 nitrogen and oxygen atoms in total. The van der Waals surface area contributed by atoms with Crippen molar-refractivity contribution in [2.75, 3.05) is 24.0 Å². The molecule has 2 N–H and O–H groups in total. The SMILES string of the molecule is CC(C)CNc1cc(-c2ccccc2)nc(Nc2ccc3c(c2)OCO3)n1. The molecular weight excluding hydrogens is 340 g/mol. The quantitative estimate of drug-likeness (QED) is 0.663. The Balaban J connectivity index is 1.65. The lowest BCUT2D eigenvalue weighted by atomic mass is 10.1.